The highest BCUT2D eigenvalue weighted by Crippen LogP contribution is 2.26. The van der Waals surface area contributed by atoms with Gasteiger partial charge in [0, 0.05) is 23.1 Å². The van der Waals surface area contributed by atoms with Crippen molar-refractivity contribution in [2.45, 2.75) is 25.6 Å². The number of nitrogens with one attached hydrogen (secondary N) is 1. The second-order valence-electron chi connectivity index (χ2n) is 8.47. The highest BCUT2D eigenvalue weighted by atomic mass is 35.5. The Morgan fingerprint density at radius 1 is 0.667 bits per heavy atom. The van der Waals surface area contributed by atoms with E-state index in [9.17, 15) is 9.59 Å². The first kappa shape index (κ1) is 25.5. The summed E-state index contributed by atoms with van der Waals surface area (Å²) in [5.41, 5.74) is 3.42. The molecule has 0 saturated heterocycles. The number of amides is 2. The Morgan fingerprint density at radius 2 is 1.19 bits per heavy atom. The summed E-state index contributed by atoms with van der Waals surface area (Å²) in [4.78, 5) is 29.0. The zero-order valence-electron chi connectivity index (χ0n) is 19.6. The highest BCUT2D eigenvalue weighted by Gasteiger charge is 2.31. The molecular weight excluding hydrogens is 491 g/mol. The van der Waals surface area contributed by atoms with Gasteiger partial charge < -0.3 is 10.2 Å². The summed E-state index contributed by atoms with van der Waals surface area (Å²) < 4.78 is 0. The molecule has 4 aromatic carbocycles. The maximum atomic E-state index is 13.7. The van der Waals surface area contributed by atoms with Gasteiger partial charge in [0.25, 0.3) is 0 Å². The first-order valence-electron chi connectivity index (χ1n) is 11.6. The predicted molar refractivity (Wildman–Crippen MR) is 145 cm³/mol. The topological polar surface area (TPSA) is 49.4 Å². The minimum absolute atomic E-state index is 0.147. The molecule has 36 heavy (non-hydrogen) atoms. The van der Waals surface area contributed by atoms with Crippen LogP contribution < -0.4 is 5.32 Å². The van der Waals surface area contributed by atoms with Crippen molar-refractivity contribution in [1.29, 1.82) is 0 Å². The second-order valence-corrected chi connectivity index (χ2v) is 9.34. The van der Waals surface area contributed by atoms with Crippen molar-refractivity contribution in [1.82, 2.24) is 10.2 Å². The summed E-state index contributed by atoms with van der Waals surface area (Å²) >= 11 is 12.1. The molecule has 1 N–H and O–H groups in total. The number of rotatable bonds is 9. The van der Waals surface area contributed by atoms with Gasteiger partial charge in [0.05, 0.1) is 6.42 Å². The lowest BCUT2D eigenvalue weighted by molar-refractivity contribution is -0.141. The van der Waals surface area contributed by atoms with E-state index < -0.39 is 6.04 Å². The molecule has 182 valence electrons. The lowest BCUT2D eigenvalue weighted by Crippen LogP contribution is -2.43. The van der Waals surface area contributed by atoms with Crippen LogP contribution in [0.3, 0.4) is 0 Å². The lowest BCUT2D eigenvalue weighted by atomic mass is 10.0. The van der Waals surface area contributed by atoms with Crippen LogP contribution in [0.2, 0.25) is 10.0 Å². The maximum Gasteiger partial charge on any atom is 0.247 e. The number of halogens is 2. The molecular formula is C30H26Cl2N2O2. The summed E-state index contributed by atoms with van der Waals surface area (Å²) in [5, 5.41) is 4.26. The van der Waals surface area contributed by atoms with Crippen LogP contribution in [-0.2, 0) is 29.1 Å². The van der Waals surface area contributed by atoms with E-state index in [0.29, 0.717) is 16.6 Å². The third-order valence-corrected chi connectivity index (χ3v) is 6.34. The SMILES string of the molecule is O=C(NCc1ccc(Cl)cc1)[C@H](c1ccccc1)N(Cc1ccc(Cl)cc1)C(=O)Cc1ccccc1. The van der Waals surface area contributed by atoms with E-state index in [4.69, 9.17) is 23.2 Å². The van der Waals surface area contributed by atoms with Crippen molar-refractivity contribution in [2.24, 2.45) is 0 Å². The summed E-state index contributed by atoms with van der Waals surface area (Å²) in [6.45, 7) is 0.581. The van der Waals surface area contributed by atoms with Gasteiger partial charge >= 0.3 is 0 Å². The molecule has 0 saturated carbocycles. The van der Waals surface area contributed by atoms with Crippen molar-refractivity contribution in [3.05, 3.63) is 141 Å². The fourth-order valence-corrected chi connectivity index (χ4v) is 4.23. The average Bonchev–Trinajstić information content (AvgIpc) is 2.90. The monoisotopic (exact) mass is 516 g/mol. The minimum Gasteiger partial charge on any atom is -0.350 e. The molecule has 0 aliphatic rings. The fraction of sp³-hybridized carbons (Fsp3) is 0.133. The van der Waals surface area contributed by atoms with Crippen LogP contribution in [0.5, 0.6) is 0 Å². The number of benzene rings is 4. The van der Waals surface area contributed by atoms with Crippen LogP contribution in [0.15, 0.2) is 109 Å². The second kappa shape index (κ2) is 12.4. The van der Waals surface area contributed by atoms with E-state index in [-0.39, 0.29) is 24.8 Å². The van der Waals surface area contributed by atoms with Gasteiger partial charge in [0.1, 0.15) is 6.04 Å². The van der Waals surface area contributed by atoms with Gasteiger partial charge in [-0.1, -0.05) is 108 Å². The van der Waals surface area contributed by atoms with Gasteiger partial charge in [-0.2, -0.15) is 0 Å². The average molecular weight is 517 g/mol. The minimum atomic E-state index is -0.814. The number of carbonyl (C=O) groups excluding carboxylic acids is 2. The number of carbonyl (C=O) groups is 2. The van der Waals surface area contributed by atoms with Crippen LogP contribution in [-0.4, -0.2) is 16.7 Å². The smallest absolute Gasteiger partial charge is 0.247 e. The summed E-state index contributed by atoms with van der Waals surface area (Å²) in [5.74, 6) is -0.404. The Labute approximate surface area is 221 Å². The van der Waals surface area contributed by atoms with Crippen molar-refractivity contribution in [3.8, 4) is 0 Å². The molecule has 4 nitrogen and oxygen atoms in total. The number of hydrogen-bond acceptors (Lipinski definition) is 2. The van der Waals surface area contributed by atoms with Gasteiger partial charge in [-0.05, 0) is 46.5 Å². The fourth-order valence-electron chi connectivity index (χ4n) is 3.98. The van der Waals surface area contributed by atoms with E-state index in [1.807, 2.05) is 84.9 Å². The molecule has 4 rings (SSSR count). The highest BCUT2D eigenvalue weighted by molar-refractivity contribution is 6.30. The molecule has 0 fully saturated rings. The first-order valence-corrected chi connectivity index (χ1v) is 12.4. The largest absolute Gasteiger partial charge is 0.350 e. The maximum absolute atomic E-state index is 13.7. The van der Waals surface area contributed by atoms with Crippen LogP contribution >= 0.6 is 23.2 Å². The van der Waals surface area contributed by atoms with Gasteiger partial charge in [-0.3, -0.25) is 9.59 Å². The Morgan fingerprint density at radius 3 is 1.78 bits per heavy atom. The van der Waals surface area contributed by atoms with E-state index in [1.54, 1.807) is 29.2 Å². The molecule has 0 radical (unpaired) electrons. The summed E-state index contributed by atoms with van der Waals surface area (Å²) in [6, 6.07) is 32.7. The van der Waals surface area contributed by atoms with Crippen molar-refractivity contribution >= 4 is 35.0 Å². The van der Waals surface area contributed by atoms with E-state index in [0.717, 1.165) is 22.3 Å². The Balaban J connectivity index is 1.66. The number of nitrogens with zero attached hydrogens (tertiary/aromatic N) is 1. The summed E-state index contributed by atoms with van der Waals surface area (Å²) in [6.07, 6.45) is 0.183. The molecule has 0 aromatic heterocycles. The Bertz CT molecular complexity index is 1280. The van der Waals surface area contributed by atoms with Crippen molar-refractivity contribution < 1.29 is 9.59 Å². The molecule has 2 amide bonds. The first-order chi connectivity index (χ1) is 17.5. The van der Waals surface area contributed by atoms with E-state index in [2.05, 4.69) is 5.32 Å². The molecule has 0 aliphatic heterocycles. The van der Waals surface area contributed by atoms with Gasteiger partial charge in [-0.25, -0.2) is 0 Å². The molecule has 0 spiro atoms. The third-order valence-electron chi connectivity index (χ3n) is 5.84. The van der Waals surface area contributed by atoms with Crippen LogP contribution in [0.25, 0.3) is 0 Å². The zero-order chi connectivity index (χ0) is 25.3. The van der Waals surface area contributed by atoms with Crippen LogP contribution in [0, 0.1) is 0 Å². The molecule has 0 bridgehead atoms. The van der Waals surface area contributed by atoms with Gasteiger partial charge in [0.15, 0.2) is 0 Å². The van der Waals surface area contributed by atoms with Crippen molar-refractivity contribution in [2.75, 3.05) is 0 Å². The molecule has 0 unspecified atom stereocenters. The van der Waals surface area contributed by atoms with Gasteiger partial charge in [-0.15, -0.1) is 0 Å². The molecule has 1 atom stereocenters. The molecule has 0 heterocycles. The van der Waals surface area contributed by atoms with E-state index >= 15 is 0 Å². The van der Waals surface area contributed by atoms with Crippen LogP contribution in [0.1, 0.15) is 28.3 Å². The predicted octanol–water partition coefficient (Wildman–Crippen LogP) is 6.62. The third kappa shape index (κ3) is 6.97. The Kier molecular flexibility index (Phi) is 8.77. The lowest BCUT2D eigenvalue weighted by Gasteiger charge is -2.32. The normalized spacial score (nSPS) is 11.5. The quantitative estimate of drug-likeness (QED) is 0.271. The van der Waals surface area contributed by atoms with E-state index in [1.165, 1.54) is 0 Å². The molecule has 6 heteroatoms. The van der Waals surface area contributed by atoms with Gasteiger partial charge in [0.2, 0.25) is 11.8 Å². The standard InChI is InChI=1S/C30H26Cl2N2O2/c31-26-15-11-23(12-16-26)20-33-30(36)29(25-9-5-2-6-10-25)34(21-24-13-17-27(32)18-14-24)28(35)19-22-7-3-1-4-8-22/h1-18,29H,19-21H2,(H,33,36)/t29-/m0/s1. The zero-order valence-corrected chi connectivity index (χ0v) is 21.1. The van der Waals surface area contributed by atoms with Crippen molar-refractivity contribution in [3.63, 3.8) is 0 Å². The molecule has 4 aromatic rings. The summed E-state index contributed by atoms with van der Waals surface area (Å²) in [7, 11) is 0. The number of hydrogen-bond donors (Lipinski definition) is 1. The Hall–Kier alpha value is -3.60. The molecule has 0 aliphatic carbocycles. The van der Waals surface area contributed by atoms with Crippen LogP contribution in [0.4, 0.5) is 0 Å².